The minimum Gasteiger partial charge on any atom is -0.507 e. The zero-order chi connectivity index (χ0) is 19.6. The van der Waals surface area contributed by atoms with Gasteiger partial charge in [-0.25, -0.2) is 0 Å². The van der Waals surface area contributed by atoms with Gasteiger partial charge in [0.2, 0.25) is 0 Å². The van der Waals surface area contributed by atoms with Crippen LogP contribution in [-0.4, -0.2) is 20.3 Å². The Balaban J connectivity index is 2.74. The molecule has 0 unspecified atom stereocenters. The molecule has 0 amide bonds. The lowest BCUT2D eigenvalue weighted by atomic mass is 10.0. The van der Waals surface area contributed by atoms with Gasteiger partial charge in [-0.1, -0.05) is 59.6 Å². The molecule has 0 aromatic heterocycles. The smallest absolute Gasteiger partial charge is 0.146 e. The molecular weight excluding hydrogens is 336 g/mol. The number of fused-ring (bicyclic) bond motifs is 1. The molecule has 0 saturated carbocycles. The van der Waals surface area contributed by atoms with E-state index in [9.17, 15) is 5.11 Å². The van der Waals surface area contributed by atoms with Gasteiger partial charge in [-0.2, -0.15) is 0 Å². The lowest BCUT2D eigenvalue weighted by Crippen LogP contribution is -2.43. The summed E-state index contributed by atoms with van der Waals surface area (Å²) in [6, 6.07) is 8.00. The van der Waals surface area contributed by atoms with Crippen molar-refractivity contribution in [3.63, 3.8) is 0 Å². The quantitative estimate of drug-likeness (QED) is 0.497. The molecule has 0 bridgehead atoms. The van der Waals surface area contributed by atoms with Crippen LogP contribution in [0.1, 0.15) is 52.7 Å². The van der Waals surface area contributed by atoms with Crippen molar-refractivity contribution in [2.45, 2.75) is 65.1 Å². The normalized spacial score (nSPS) is 12.0. The van der Waals surface area contributed by atoms with Crippen molar-refractivity contribution in [1.29, 1.82) is 0 Å². The Bertz CT molecular complexity index is 832. The molecule has 140 valence electrons. The fraction of sp³-hybridized carbons (Fsp3) is 0.478. The van der Waals surface area contributed by atoms with E-state index in [-0.39, 0.29) is 5.75 Å². The Hall–Kier alpha value is -1.92. The molecule has 0 aliphatic carbocycles. The molecule has 0 radical (unpaired) electrons. The van der Waals surface area contributed by atoms with E-state index >= 15 is 0 Å². The van der Waals surface area contributed by atoms with Crippen LogP contribution in [0.3, 0.4) is 0 Å². The van der Waals surface area contributed by atoms with Crippen molar-refractivity contribution in [3.05, 3.63) is 35.4 Å². The van der Waals surface area contributed by atoms with Crippen LogP contribution in [0.25, 0.3) is 10.8 Å². The SMILES string of the molecule is COc1cc2cccc(C#C[Si](C(C)C)(C(C)C)C(C)C)c2c(O)c1C. The lowest BCUT2D eigenvalue weighted by Gasteiger charge is -2.38. The number of aromatic hydroxyl groups is 1. The summed E-state index contributed by atoms with van der Waals surface area (Å²) in [5.74, 6) is 4.47. The molecule has 0 saturated heterocycles. The highest BCUT2D eigenvalue weighted by molar-refractivity contribution is 6.90. The average molecular weight is 369 g/mol. The maximum Gasteiger partial charge on any atom is 0.146 e. The van der Waals surface area contributed by atoms with Crippen LogP contribution < -0.4 is 4.74 Å². The summed E-state index contributed by atoms with van der Waals surface area (Å²) in [5, 5.41) is 12.6. The molecule has 2 nitrogen and oxygen atoms in total. The largest absolute Gasteiger partial charge is 0.507 e. The van der Waals surface area contributed by atoms with Gasteiger partial charge in [-0.3, -0.25) is 0 Å². The number of rotatable bonds is 4. The van der Waals surface area contributed by atoms with Gasteiger partial charge < -0.3 is 9.84 Å². The van der Waals surface area contributed by atoms with Crippen molar-refractivity contribution in [2.24, 2.45) is 0 Å². The Labute approximate surface area is 159 Å². The molecule has 2 aromatic rings. The van der Waals surface area contributed by atoms with Crippen LogP contribution >= 0.6 is 0 Å². The number of phenols is 1. The molecule has 0 aliphatic heterocycles. The number of hydrogen-bond acceptors (Lipinski definition) is 2. The monoisotopic (exact) mass is 368 g/mol. The number of ether oxygens (including phenoxy) is 1. The topological polar surface area (TPSA) is 29.5 Å². The number of phenolic OH excluding ortho intramolecular Hbond substituents is 1. The molecule has 0 spiro atoms. The fourth-order valence-electron chi connectivity index (χ4n) is 4.43. The zero-order valence-corrected chi connectivity index (χ0v) is 18.4. The number of methoxy groups -OCH3 is 1. The second-order valence-electron chi connectivity index (χ2n) is 8.10. The van der Waals surface area contributed by atoms with E-state index in [4.69, 9.17) is 4.74 Å². The highest BCUT2D eigenvalue weighted by Gasteiger charge is 2.41. The number of hydrogen-bond donors (Lipinski definition) is 1. The van der Waals surface area contributed by atoms with Gasteiger partial charge >= 0.3 is 0 Å². The highest BCUT2D eigenvalue weighted by atomic mass is 28.3. The second kappa shape index (κ2) is 7.76. The Kier molecular flexibility index (Phi) is 6.08. The van der Waals surface area contributed by atoms with Crippen molar-refractivity contribution >= 4 is 18.8 Å². The summed E-state index contributed by atoms with van der Waals surface area (Å²) >= 11 is 0. The zero-order valence-electron chi connectivity index (χ0n) is 17.4. The van der Waals surface area contributed by atoms with Gasteiger partial charge in [-0.05, 0) is 41.1 Å². The molecule has 2 aromatic carbocycles. The molecule has 0 heterocycles. The van der Waals surface area contributed by atoms with Crippen molar-refractivity contribution in [1.82, 2.24) is 0 Å². The maximum atomic E-state index is 10.8. The third-order valence-corrected chi connectivity index (χ3v) is 12.1. The van der Waals surface area contributed by atoms with E-state index in [1.165, 1.54) is 0 Å². The van der Waals surface area contributed by atoms with Gasteiger partial charge in [0, 0.05) is 16.5 Å². The number of benzene rings is 2. The summed E-state index contributed by atoms with van der Waals surface area (Å²) in [5.41, 5.74) is 7.18. The molecule has 0 atom stereocenters. The third-order valence-electron chi connectivity index (χ3n) is 5.84. The molecule has 3 heteroatoms. The van der Waals surface area contributed by atoms with Gasteiger partial charge in [0.05, 0.1) is 7.11 Å². The standard InChI is InChI=1S/C23H32O2Si/c1-15(2)26(16(3)4,17(5)6)13-12-19-10-9-11-20-14-21(25-8)18(7)23(24)22(19)20/h9-11,14-17,24H,1-8H3. The highest BCUT2D eigenvalue weighted by Crippen LogP contribution is 2.41. The van der Waals surface area contributed by atoms with E-state index in [1.807, 2.05) is 31.2 Å². The van der Waals surface area contributed by atoms with Gasteiger partial charge in [0.25, 0.3) is 0 Å². The third kappa shape index (κ3) is 3.35. The molecular formula is C23H32O2Si. The van der Waals surface area contributed by atoms with E-state index < -0.39 is 8.07 Å². The predicted molar refractivity (Wildman–Crippen MR) is 115 cm³/mol. The summed E-state index contributed by atoms with van der Waals surface area (Å²) in [6.45, 7) is 15.8. The summed E-state index contributed by atoms with van der Waals surface area (Å²) in [4.78, 5) is 0. The fourth-order valence-corrected chi connectivity index (χ4v) is 9.65. The molecule has 26 heavy (non-hydrogen) atoms. The van der Waals surface area contributed by atoms with Gasteiger partial charge in [0.15, 0.2) is 0 Å². The Morgan fingerprint density at radius 2 is 1.58 bits per heavy atom. The van der Waals surface area contributed by atoms with Crippen molar-refractivity contribution in [2.75, 3.05) is 7.11 Å². The molecule has 1 N–H and O–H groups in total. The van der Waals surface area contributed by atoms with Crippen LogP contribution in [0.4, 0.5) is 0 Å². The van der Waals surface area contributed by atoms with Crippen LogP contribution in [0.5, 0.6) is 11.5 Å². The summed E-state index contributed by atoms with van der Waals surface area (Å²) in [6.07, 6.45) is 0. The first-order chi connectivity index (χ1) is 12.2. The second-order valence-corrected chi connectivity index (χ2v) is 13.7. The Morgan fingerprint density at radius 3 is 2.08 bits per heavy atom. The first-order valence-corrected chi connectivity index (χ1v) is 11.7. The maximum absolute atomic E-state index is 10.8. The van der Waals surface area contributed by atoms with Gasteiger partial charge in [0.1, 0.15) is 19.6 Å². The van der Waals surface area contributed by atoms with Crippen molar-refractivity contribution < 1.29 is 9.84 Å². The van der Waals surface area contributed by atoms with Crippen LogP contribution in [0.2, 0.25) is 16.6 Å². The van der Waals surface area contributed by atoms with E-state index in [2.05, 4.69) is 53.0 Å². The molecule has 2 rings (SSSR count). The van der Waals surface area contributed by atoms with E-state index in [0.717, 1.165) is 21.9 Å². The van der Waals surface area contributed by atoms with Crippen LogP contribution in [-0.2, 0) is 0 Å². The summed E-state index contributed by atoms with van der Waals surface area (Å²) < 4.78 is 5.39. The van der Waals surface area contributed by atoms with Crippen molar-refractivity contribution in [3.8, 4) is 23.0 Å². The van der Waals surface area contributed by atoms with Crippen LogP contribution in [0, 0.1) is 18.4 Å². The summed E-state index contributed by atoms with van der Waals surface area (Å²) in [7, 11) is -0.184. The Morgan fingerprint density at radius 1 is 1.00 bits per heavy atom. The van der Waals surface area contributed by atoms with E-state index in [0.29, 0.717) is 22.4 Å². The predicted octanol–water partition coefficient (Wildman–Crippen LogP) is 6.43. The minimum atomic E-state index is -1.81. The first kappa shape index (κ1) is 20.4. The lowest BCUT2D eigenvalue weighted by molar-refractivity contribution is 0.404. The molecule has 0 fully saturated rings. The average Bonchev–Trinajstić information content (AvgIpc) is 2.57. The van der Waals surface area contributed by atoms with Gasteiger partial charge in [-0.15, -0.1) is 5.54 Å². The first-order valence-electron chi connectivity index (χ1n) is 9.49. The molecule has 0 aliphatic rings. The minimum absolute atomic E-state index is 0.273. The van der Waals surface area contributed by atoms with E-state index in [1.54, 1.807) is 7.11 Å². The van der Waals surface area contributed by atoms with Crippen LogP contribution in [0.15, 0.2) is 24.3 Å².